The van der Waals surface area contributed by atoms with Crippen molar-refractivity contribution in [3.63, 3.8) is 0 Å². The second-order valence-corrected chi connectivity index (χ2v) is 10.5. The van der Waals surface area contributed by atoms with Crippen molar-refractivity contribution in [3.8, 4) is 0 Å². The quantitative estimate of drug-likeness (QED) is 0.498. The lowest BCUT2D eigenvalue weighted by molar-refractivity contribution is -0.138. The lowest BCUT2D eigenvalue weighted by Gasteiger charge is -2.49. The number of aliphatic hydroxyl groups is 1. The Hall–Kier alpha value is -2.04. The molecule has 2 aliphatic heterocycles. The first-order valence-corrected chi connectivity index (χ1v) is 12.4. The molecule has 1 unspecified atom stereocenters. The van der Waals surface area contributed by atoms with Gasteiger partial charge in [-0.2, -0.15) is 18.3 Å². The van der Waals surface area contributed by atoms with Crippen LogP contribution < -0.4 is 0 Å². The number of aromatic nitrogens is 3. The molecule has 1 aromatic carbocycles. The minimum Gasteiger partial charge on any atom is -0.385 e. The largest absolute Gasteiger partial charge is 0.416 e. The molecule has 2 aliphatic rings. The Morgan fingerprint density at radius 2 is 1.86 bits per heavy atom. The molecule has 2 N–H and O–H groups in total. The van der Waals surface area contributed by atoms with Crippen molar-refractivity contribution in [3.05, 3.63) is 46.8 Å². The van der Waals surface area contributed by atoms with Crippen molar-refractivity contribution in [1.29, 1.82) is 0 Å². The van der Waals surface area contributed by atoms with Crippen molar-refractivity contribution < 1.29 is 22.7 Å². The summed E-state index contributed by atoms with van der Waals surface area (Å²) in [5.74, 6) is 0.802. The molecule has 0 saturated carbocycles. The highest BCUT2D eigenvalue weighted by Gasteiger charge is 2.38. The van der Waals surface area contributed by atoms with Crippen molar-refractivity contribution in [2.75, 3.05) is 39.3 Å². The van der Waals surface area contributed by atoms with Crippen molar-refractivity contribution in [1.82, 2.24) is 25.0 Å². The maximum atomic E-state index is 13.3. The normalized spacial score (nSPS) is 20.7. The first kappa shape index (κ1) is 26.0. The molecule has 194 valence electrons. The molecule has 0 bridgehead atoms. The molecular formula is C25H35F4N5O. The summed E-state index contributed by atoms with van der Waals surface area (Å²) >= 11 is 0. The highest BCUT2D eigenvalue weighted by Crippen LogP contribution is 2.37. The molecule has 0 amide bonds. The number of hydrogen-bond acceptors (Lipinski definition) is 5. The third-order valence-corrected chi connectivity index (χ3v) is 7.41. The van der Waals surface area contributed by atoms with E-state index in [0.717, 1.165) is 70.4 Å². The van der Waals surface area contributed by atoms with E-state index in [0.29, 0.717) is 30.7 Å². The predicted molar refractivity (Wildman–Crippen MR) is 124 cm³/mol. The molecule has 2 fully saturated rings. The zero-order valence-electron chi connectivity index (χ0n) is 20.4. The topological polar surface area (TPSA) is 68.3 Å². The minimum absolute atomic E-state index is 0.124. The number of alkyl halides is 3. The van der Waals surface area contributed by atoms with Gasteiger partial charge in [-0.05, 0) is 75.2 Å². The summed E-state index contributed by atoms with van der Waals surface area (Å²) in [5, 5.41) is 16.7. The standard InChI is InChI=1S/C25H35F4N5O/c1-17(35)22-30-23(32-31-22)19-7-10-33(11-8-19)12-13-34-15-24(2,16-34)9-3-4-18-5-6-20(26)14-21(18)25(27,28)29/h5-6,14,17,19,35H,3-4,7-13,15-16H2,1-2H3,(H,30,31,32). The second kappa shape index (κ2) is 10.5. The lowest BCUT2D eigenvalue weighted by Crippen LogP contribution is -2.56. The average molecular weight is 498 g/mol. The number of H-pyrrole nitrogens is 1. The Balaban J connectivity index is 1.15. The summed E-state index contributed by atoms with van der Waals surface area (Å²) < 4.78 is 52.9. The second-order valence-electron chi connectivity index (χ2n) is 10.5. The van der Waals surface area contributed by atoms with E-state index in [2.05, 4.69) is 31.9 Å². The number of halogens is 4. The Morgan fingerprint density at radius 1 is 1.17 bits per heavy atom. The van der Waals surface area contributed by atoms with Gasteiger partial charge in [0.1, 0.15) is 17.7 Å². The van der Waals surface area contributed by atoms with Crippen LogP contribution in [0.5, 0.6) is 0 Å². The number of aryl methyl sites for hydroxylation is 1. The van der Waals surface area contributed by atoms with Gasteiger partial charge >= 0.3 is 6.18 Å². The van der Waals surface area contributed by atoms with Crippen LogP contribution in [0.3, 0.4) is 0 Å². The number of nitrogens with one attached hydrogen (secondary N) is 1. The third kappa shape index (κ3) is 6.59. The first-order valence-electron chi connectivity index (χ1n) is 12.4. The van der Waals surface area contributed by atoms with Gasteiger partial charge in [0, 0.05) is 32.1 Å². The van der Waals surface area contributed by atoms with Crippen molar-refractivity contribution >= 4 is 0 Å². The molecule has 0 aliphatic carbocycles. The summed E-state index contributed by atoms with van der Waals surface area (Å²) in [5.41, 5.74) is -0.554. The minimum atomic E-state index is -4.53. The number of aromatic amines is 1. The molecule has 1 atom stereocenters. The number of piperidine rings is 1. The summed E-state index contributed by atoms with van der Waals surface area (Å²) in [6.45, 7) is 9.76. The number of nitrogens with zero attached hydrogens (tertiary/aromatic N) is 4. The zero-order valence-corrected chi connectivity index (χ0v) is 20.4. The van der Waals surface area contributed by atoms with E-state index in [1.54, 1.807) is 6.92 Å². The number of hydrogen-bond donors (Lipinski definition) is 2. The average Bonchev–Trinajstić information content (AvgIpc) is 3.27. The molecule has 2 saturated heterocycles. The van der Waals surface area contributed by atoms with Gasteiger partial charge in [-0.3, -0.25) is 5.10 Å². The maximum Gasteiger partial charge on any atom is 0.416 e. The summed E-state index contributed by atoms with van der Waals surface area (Å²) in [4.78, 5) is 9.30. The SMILES string of the molecule is CC(O)c1n[nH]c(C2CCN(CCN3CC(C)(CCCc4ccc(F)cc4C(F)(F)F)C3)CC2)n1. The molecule has 0 spiro atoms. The van der Waals surface area contributed by atoms with Gasteiger partial charge in [0.05, 0.1) is 5.56 Å². The van der Waals surface area contributed by atoms with E-state index in [9.17, 15) is 22.7 Å². The van der Waals surface area contributed by atoms with Crippen LogP contribution in [0.15, 0.2) is 18.2 Å². The molecule has 3 heterocycles. The van der Waals surface area contributed by atoms with E-state index in [4.69, 9.17) is 0 Å². The van der Waals surface area contributed by atoms with Gasteiger partial charge in [0.2, 0.25) is 0 Å². The molecule has 1 aromatic heterocycles. The Labute approximate surface area is 203 Å². The summed E-state index contributed by atoms with van der Waals surface area (Å²) in [6, 6.07) is 2.98. The molecule has 35 heavy (non-hydrogen) atoms. The molecule has 4 rings (SSSR count). The summed E-state index contributed by atoms with van der Waals surface area (Å²) in [7, 11) is 0. The highest BCUT2D eigenvalue weighted by molar-refractivity contribution is 5.30. The molecule has 0 radical (unpaired) electrons. The van der Waals surface area contributed by atoms with E-state index in [1.807, 2.05) is 0 Å². The highest BCUT2D eigenvalue weighted by atomic mass is 19.4. The van der Waals surface area contributed by atoms with Crippen LogP contribution in [0, 0.1) is 11.2 Å². The number of likely N-dealkylation sites (tertiary alicyclic amines) is 2. The van der Waals surface area contributed by atoms with Crippen LogP contribution in [-0.4, -0.2) is 69.4 Å². The predicted octanol–water partition coefficient (Wildman–Crippen LogP) is 4.54. The van der Waals surface area contributed by atoms with Gasteiger partial charge < -0.3 is 14.9 Å². The van der Waals surface area contributed by atoms with Gasteiger partial charge in [0.15, 0.2) is 5.82 Å². The fourth-order valence-corrected chi connectivity index (χ4v) is 5.46. The number of benzene rings is 1. The van der Waals surface area contributed by atoms with Crippen LogP contribution in [0.2, 0.25) is 0 Å². The third-order valence-electron chi connectivity index (χ3n) is 7.41. The molecule has 10 heteroatoms. The lowest BCUT2D eigenvalue weighted by atomic mass is 9.77. The fourth-order valence-electron chi connectivity index (χ4n) is 5.46. The van der Waals surface area contributed by atoms with Crippen LogP contribution >= 0.6 is 0 Å². The van der Waals surface area contributed by atoms with Crippen molar-refractivity contribution in [2.45, 2.75) is 64.1 Å². The Morgan fingerprint density at radius 3 is 2.49 bits per heavy atom. The van der Waals surface area contributed by atoms with Gasteiger partial charge in [-0.25, -0.2) is 9.37 Å². The van der Waals surface area contributed by atoms with E-state index >= 15 is 0 Å². The molecular weight excluding hydrogens is 462 g/mol. The van der Waals surface area contributed by atoms with Crippen LogP contribution in [0.25, 0.3) is 0 Å². The molecule has 6 nitrogen and oxygen atoms in total. The van der Waals surface area contributed by atoms with E-state index < -0.39 is 23.7 Å². The van der Waals surface area contributed by atoms with Crippen LogP contribution in [0.4, 0.5) is 17.6 Å². The first-order chi connectivity index (χ1) is 16.5. The monoisotopic (exact) mass is 497 g/mol. The van der Waals surface area contributed by atoms with Gasteiger partial charge in [-0.1, -0.05) is 13.0 Å². The zero-order chi connectivity index (χ0) is 25.2. The van der Waals surface area contributed by atoms with Gasteiger partial charge in [0.25, 0.3) is 0 Å². The van der Waals surface area contributed by atoms with Crippen LogP contribution in [-0.2, 0) is 12.6 Å². The van der Waals surface area contributed by atoms with E-state index in [-0.39, 0.29) is 11.0 Å². The Kier molecular flexibility index (Phi) is 7.83. The van der Waals surface area contributed by atoms with Crippen molar-refractivity contribution in [2.24, 2.45) is 5.41 Å². The van der Waals surface area contributed by atoms with Crippen LogP contribution in [0.1, 0.15) is 74.3 Å². The smallest absolute Gasteiger partial charge is 0.385 e. The van der Waals surface area contributed by atoms with Gasteiger partial charge in [-0.15, -0.1) is 0 Å². The number of rotatable bonds is 9. The molecule has 2 aromatic rings. The number of aliphatic hydroxyl groups excluding tert-OH is 1. The Bertz CT molecular complexity index is 978. The van der Waals surface area contributed by atoms with E-state index in [1.165, 1.54) is 6.07 Å². The fraction of sp³-hybridized carbons (Fsp3) is 0.680. The maximum absolute atomic E-state index is 13.3. The summed E-state index contributed by atoms with van der Waals surface area (Å²) in [6.07, 6.45) is -1.35.